The van der Waals surface area contributed by atoms with E-state index in [0.717, 1.165) is 12.7 Å². The van der Waals surface area contributed by atoms with Crippen LogP contribution >= 0.6 is 45.2 Å². The second kappa shape index (κ2) is 4.73. The lowest BCUT2D eigenvalue weighted by molar-refractivity contribution is 0.186. The van der Waals surface area contributed by atoms with Crippen LogP contribution in [-0.2, 0) is 0 Å². The summed E-state index contributed by atoms with van der Waals surface area (Å²) >= 11 is 4.46. The van der Waals surface area contributed by atoms with Gasteiger partial charge in [-0.05, 0) is 56.8 Å². The SMILES string of the molecule is NCC(O)c1cccc(I)c1I. The van der Waals surface area contributed by atoms with E-state index in [1.807, 2.05) is 18.2 Å². The van der Waals surface area contributed by atoms with E-state index in [9.17, 15) is 5.11 Å². The predicted octanol–water partition coefficient (Wildman–Crippen LogP) is 1.89. The molecule has 0 aliphatic rings. The standard InChI is InChI=1S/C8H9I2NO/c9-6-3-1-2-5(8(6)10)7(12)4-11/h1-3,7,12H,4,11H2. The smallest absolute Gasteiger partial charge is 0.0922 e. The molecule has 1 unspecified atom stereocenters. The summed E-state index contributed by atoms with van der Waals surface area (Å²) in [6.07, 6.45) is -0.536. The van der Waals surface area contributed by atoms with E-state index < -0.39 is 6.10 Å². The van der Waals surface area contributed by atoms with Gasteiger partial charge in [0.15, 0.2) is 0 Å². The second-order valence-electron chi connectivity index (χ2n) is 2.39. The lowest BCUT2D eigenvalue weighted by Crippen LogP contribution is -2.13. The number of rotatable bonds is 2. The Morgan fingerprint density at radius 1 is 1.42 bits per heavy atom. The highest BCUT2D eigenvalue weighted by molar-refractivity contribution is 14.1. The lowest BCUT2D eigenvalue weighted by atomic mass is 10.1. The minimum Gasteiger partial charge on any atom is -0.387 e. The van der Waals surface area contributed by atoms with Crippen LogP contribution in [0.25, 0.3) is 0 Å². The molecule has 12 heavy (non-hydrogen) atoms. The van der Waals surface area contributed by atoms with Crippen LogP contribution in [0, 0.1) is 7.14 Å². The van der Waals surface area contributed by atoms with Gasteiger partial charge in [-0.15, -0.1) is 0 Å². The van der Waals surface area contributed by atoms with Gasteiger partial charge in [0, 0.05) is 13.7 Å². The Bertz CT molecular complexity index is 278. The molecule has 1 atom stereocenters. The van der Waals surface area contributed by atoms with Gasteiger partial charge in [0.05, 0.1) is 6.10 Å². The lowest BCUT2D eigenvalue weighted by Gasteiger charge is -2.10. The maximum Gasteiger partial charge on any atom is 0.0922 e. The first-order valence-electron chi connectivity index (χ1n) is 3.49. The van der Waals surface area contributed by atoms with Gasteiger partial charge in [0.25, 0.3) is 0 Å². The van der Waals surface area contributed by atoms with E-state index in [1.54, 1.807) is 0 Å². The zero-order chi connectivity index (χ0) is 9.14. The molecule has 4 heteroatoms. The van der Waals surface area contributed by atoms with E-state index in [4.69, 9.17) is 5.73 Å². The van der Waals surface area contributed by atoms with Crippen LogP contribution in [0.1, 0.15) is 11.7 Å². The van der Waals surface area contributed by atoms with Crippen molar-refractivity contribution < 1.29 is 5.11 Å². The van der Waals surface area contributed by atoms with Crippen molar-refractivity contribution in [2.45, 2.75) is 6.10 Å². The van der Waals surface area contributed by atoms with Gasteiger partial charge in [-0.3, -0.25) is 0 Å². The fourth-order valence-electron chi connectivity index (χ4n) is 0.905. The molecule has 0 aromatic heterocycles. The van der Waals surface area contributed by atoms with Gasteiger partial charge in [0.2, 0.25) is 0 Å². The van der Waals surface area contributed by atoms with Crippen LogP contribution in [0.15, 0.2) is 18.2 Å². The Balaban J connectivity index is 3.07. The number of benzene rings is 1. The molecule has 3 N–H and O–H groups in total. The molecule has 0 saturated carbocycles. The molecule has 0 aliphatic heterocycles. The summed E-state index contributed by atoms with van der Waals surface area (Å²) in [7, 11) is 0. The molecule has 0 aliphatic carbocycles. The van der Waals surface area contributed by atoms with Gasteiger partial charge >= 0.3 is 0 Å². The van der Waals surface area contributed by atoms with E-state index in [2.05, 4.69) is 45.2 Å². The largest absolute Gasteiger partial charge is 0.387 e. The van der Waals surface area contributed by atoms with E-state index in [0.29, 0.717) is 0 Å². The van der Waals surface area contributed by atoms with Gasteiger partial charge < -0.3 is 10.8 Å². The average molecular weight is 389 g/mol. The van der Waals surface area contributed by atoms with Crippen molar-refractivity contribution in [1.29, 1.82) is 0 Å². The molecule has 0 bridgehead atoms. The van der Waals surface area contributed by atoms with Crippen LogP contribution in [0.3, 0.4) is 0 Å². The van der Waals surface area contributed by atoms with Gasteiger partial charge in [-0.25, -0.2) is 0 Å². The van der Waals surface area contributed by atoms with Crippen LogP contribution < -0.4 is 5.73 Å². The fourth-order valence-corrected chi connectivity index (χ4v) is 2.14. The number of halogens is 2. The molecule has 0 amide bonds. The first-order chi connectivity index (χ1) is 5.66. The monoisotopic (exact) mass is 389 g/mol. The maximum atomic E-state index is 9.50. The number of nitrogens with two attached hydrogens (primary N) is 1. The summed E-state index contributed by atoms with van der Waals surface area (Å²) in [6.45, 7) is 0.274. The Hall–Kier alpha value is 0.600. The number of aliphatic hydroxyl groups excluding tert-OH is 1. The zero-order valence-corrected chi connectivity index (χ0v) is 10.6. The summed E-state index contributed by atoms with van der Waals surface area (Å²) in [5, 5.41) is 9.50. The Kier molecular flexibility index (Phi) is 4.21. The third-order valence-electron chi connectivity index (χ3n) is 1.56. The van der Waals surface area contributed by atoms with Gasteiger partial charge in [-0.1, -0.05) is 12.1 Å². The van der Waals surface area contributed by atoms with Crippen molar-refractivity contribution in [3.05, 3.63) is 30.9 Å². The molecule has 1 aromatic rings. The van der Waals surface area contributed by atoms with Gasteiger partial charge in [-0.2, -0.15) is 0 Å². The molecule has 2 nitrogen and oxygen atoms in total. The zero-order valence-electron chi connectivity index (χ0n) is 6.30. The van der Waals surface area contributed by atoms with E-state index in [1.165, 1.54) is 0 Å². The average Bonchev–Trinajstić information content (AvgIpc) is 2.08. The number of hydrogen-bond donors (Lipinski definition) is 2. The molecule has 0 spiro atoms. The van der Waals surface area contributed by atoms with Crippen LogP contribution in [0.4, 0.5) is 0 Å². The predicted molar refractivity (Wildman–Crippen MR) is 65.9 cm³/mol. The molecule has 0 heterocycles. The first kappa shape index (κ1) is 10.7. The summed E-state index contributed by atoms with van der Waals surface area (Å²) in [4.78, 5) is 0. The Morgan fingerprint density at radius 2 is 2.08 bits per heavy atom. The van der Waals surface area contributed by atoms with Crippen molar-refractivity contribution in [2.24, 2.45) is 5.73 Å². The van der Waals surface area contributed by atoms with Crippen LogP contribution in [-0.4, -0.2) is 11.7 Å². The highest BCUT2D eigenvalue weighted by Crippen LogP contribution is 2.23. The van der Waals surface area contributed by atoms with Crippen molar-refractivity contribution in [2.75, 3.05) is 6.54 Å². The van der Waals surface area contributed by atoms with Crippen LogP contribution in [0.2, 0.25) is 0 Å². The quantitative estimate of drug-likeness (QED) is 0.760. The minimum atomic E-state index is -0.536. The molecule has 0 radical (unpaired) electrons. The van der Waals surface area contributed by atoms with E-state index >= 15 is 0 Å². The summed E-state index contributed by atoms with van der Waals surface area (Å²) in [6, 6.07) is 5.84. The number of hydrogen-bond acceptors (Lipinski definition) is 2. The van der Waals surface area contributed by atoms with Crippen molar-refractivity contribution >= 4 is 45.2 Å². The fraction of sp³-hybridized carbons (Fsp3) is 0.250. The molecule has 1 aromatic carbocycles. The molecule has 0 saturated heterocycles. The molecule has 1 rings (SSSR count). The van der Waals surface area contributed by atoms with Crippen molar-refractivity contribution in [1.82, 2.24) is 0 Å². The normalized spacial score (nSPS) is 13.0. The highest BCUT2D eigenvalue weighted by atomic mass is 127. The van der Waals surface area contributed by atoms with E-state index in [-0.39, 0.29) is 6.54 Å². The highest BCUT2D eigenvalue weighted by Gasteiger charge is 2.10. The molecular weight excluding hydrogens is 380 g/mol. The maximum absolute atomic E-state index is 9.50. The van der Waals surface area contributed by atoms with Crippen molar-refractivity contribution in [3.8, 4) is 0 Å². The summed E-state index contributed by atoms with van der Waals surface area (Å²) in [5.41, 5.74) is 6.29. The third-order valence-corrected chi connectivity index (χ3v) is 4.70. The van der Waals surface area contributed by atoms with Crippen molar-refractivity contribution in [3.63, 3.8) is 0 Å². The summed E-state index contributed by atoms with van der Waals surface area (Å²) in [5.74, 6) is 0. The molecule has 0 fully saturated rings. The number of aliphatic hydroxyl groups is 1. The second-order valence-corrected chi connectivity index (χ2v) is 4.64. The Labute approximate surface area is 98.8 Å². The molecular formula is C8H9I2NO. The molecule has 66 valence electrons. The topological polar surface area (TPSA) is 46.2 Å². The minimum absolute atomic E-state index is 0.274. The Morgan fingerprint density at radius 3 is 2.67 bits per heavy atom. The van der Waals surface area contributed by atoms with Gasteiger partial charge in [0.1, 0.15) is 0 Å². The first-order valence-corrected chi connectivity index (χ1v) is 5.64. The summed E-state index contributed by atoms with van der Waals surface area (Å²) < 4.78 is 2.24. The van der Waals surface area contributed by atoms with Crippen LogP contribution in [0.5, 0.6) is 0 Å². The third kappa shape index (κ3) is 2.30.